The van der Waals surface area contributed by atoms with Crippen molar-refractivity contribution in [3.63, 3.8) is 0 Å². The summed E-state index contributed by atoms with van der Waals surface area (Å²) in [5, 5.41) is 0. The van der Waals surface area contributed by atoms with Crippen LogP contribution >= 0.6 is 0 Å². The van der Waals surface area contributed by atoms with Gasteiger partial charge in [0.2, 0.25) is 0 Å². The molecule has 28 heavy (non-hydrogen) atoms. The molecule has 1 heterocycles. The Hall–Kier alpha value is -3.47. The van der Waals surface area contributed by atoms with Crippen LogP contribution in [0.3, 0.4) is 0 Å². The summed E-state index contributed by atoms with van der Waals surface area (Å²) in [6.45, 7) is 2.91. The van der Waals surface area contributed by atoms with Crippen LogP contribution in [0.4, 0.5) is 5.69 Å². The monoisotopic (exact) mass is 373 g/mol. The number of hydrogen-bond acceptors (Lipinski definition) is 3. The molecule has 0 spiro atoms. The van der Waals surface area contributed by atoms with Gasteiger partial charge in [-0.1, -0.05) is 30.3 Å². The Morgan fingerprint density at radius 3 is 2.18 bits per heavy atom. The molecule has 2 aromatic carbocycles. The number of benzene rings is 2. The molecule has 142 valence electrons. The van der Waals surface area contributed by atoms with Crippen LogP contribution in [0.5, 0.6) is 0 Å². The average molecular weight is 373 g/mol. The van der Waals surface area contributed by atoms with Crippen molar-refractivity contribution in [3.05, 3.63) is 95.8 Å². The fraction of sp³-hybridized carbons (Fsp3) is 0.174. The highest BCUT2D eigenvalue weighted by atomic mass is 16.2. The van der Waals surface area contributed by atoms with E-state index in [0.29, 0.717) is 24.2 Å². The molecule has 0 aliphatic rings. The Kier molecular flexibility index (Phi) is 6.17. The first-order chi connectivity index (χ1) is 13.6. The molecule has 0 aliphatic heterocycles. The average Bonchev–Trinajstić information content (AvgIpc) is 2.77. The van der Waals surface area contributed by atoms with E-state index in [2.05, 4.69) is 4.98 Å². The second-order valence-corrected chi connectivity index (χ2v) is 6.42. The number of carbonyl (C=O) groups is 2. The van der Waals surface area contributed by atoms with E-state index in [1.54, 1.807) is 47.3 Å². The van der Waals surface area contributed by atoms with E-state index in [1.165, 1.54) is 0 Å². The summed E-state index contributed by atoms with van der Waals surface area (Å²) >= 11 is 0. The van der Waals surface area contributed by atoms with Crippen molar-refractivity contribution in [3.8, 4) is 0 Å². The van der Waals surface area contributed by atoms with Crippen molar-refractivity contribution >= 4 is 17.5 Å². The zero-order valence-corrected chi connectivity index (χ0v) is 16.1. The maximum atomic E-state index is 13.0. The first-order valence-corrected chi connectivity index (χ1v) is 9.22. The van der Waals surface area contributed by atoms with Gasteiger partial charge in [0.1, 0.15) is 0 Å². The highest BCUT2D eigenvalue weighted by molar-refractivity contribution is 6.07. The molecule has 5 nitrogen and oxygen atoms in total. The molecular formula is C23H23N3O2. The van der Waals surface area contributed by atoms with Gasteiger partial charge in [-0.05, 0) is 49.4 Å². The highest BCUT2D eigenvalue weighted by Crippen LogP contribution is 2.17. The smallest absolute Gasteiger partial charge is 0.258 e. The number of rotatable bonds is 6. The van der Waals surface area contributed by atoms with Crippen LogP contribution < -0.4 is 4.90 Å². The van der Waals surface area contributed by atoms with Gasteiger partial charge in [-0.25, -0.2) is 0 Å². The van der Waals surface area contributed by atoms with Gasteiger partial charge >= 0.3 is 0 Å². The summed E-state index contributed by atoms with van der Waals surface area (Å²) in [5.74, 6) is -0.279. The molecule has 2 amide bonds. The molecule has 0 atom stereocenters. The predicted molar refractivity (Wildman–Crippen MR) is 110 cm³/mol. The third-order valence-electron chi connectivity index (χ3n) is 4.55. The van der Waals surface area contributed by atoms with E-state index in [0.717, 1.165) is 11.4 Å². The number of hydrogen-bond donors (Lipinski definition) is 0. The van der Waals surface area contributed by atoms with Gasteiger partial charge in [-0.15, -0.1) is 0 Å². The van der Waals surface area contributed by atoms with Crippen molar-refractivity contribution in [1.82, 2.24) is 9.88 Å². The quantitative estimate of drug-likeness (QED) is 0.656. The predicted octanol–water partition coefficient (Wildman–Crippen LogP) is 4.02. The van der Waals surface area contributed by atoms with Gasteiger partial charge in [0.25, 0.3) is 11.8 Å². The molecule has 0 saturated heterocycles. The molecule has 0 aliphatic carbocycles. The van der Waals surface area contributed by atoms with Crippen molar-refractivity contribution < 1.29 is 9.59 Å². The Balaban J connectivity index is 1.79. The number of pyridine rings is 1. The minimum atomic E-state index is -0.159. The van der Waals surface area contributed by atoms with Crippen LogP contribution in [-0.4, -0.2) is 35.3 Å². The van der Waals surface area contributed by atoms with Gasteiger partial charge in [0, 0.05) is 36.6 Å². The van der Waals surface area contributed by atoms with Gasteiger partial charge < -0.3 is 9.80 Å². The summed E-state index contributed by atoms with van der Waals surface area (Å²) < 4.78 is 0. The normalized spacial score (nSPS) is 10.4. The zero-order chi connectivity index (χ0) is 19.9. The third-order valence-corrected chi connectivity index (χ3v) is 4.55. The fourth-order valence-corrected chi connectivity index (χ4v) is 2.94. The van der Waals surface area contributed by atoms with Crippen LogP contribution in [0.2, 0.25) is 0 Å². The largest absolute Gasteiger partial charge is 0.333 e. The van der Waals surface area contributed by atoms with E-state index in [9.17, 15) is 9.59 Å². The number of anilines is 1. The Bertz CT molecular complexity index is 942. The van der Waals surface area contributed by atoms with Crippen molar-refractivity contribution in [1.29, 1.82) is 0 Å². The molecule has 3 aromatic rings. The van der Waals surface area contributed by atoms with Crippen LogP contribution in [0.15, 0.2) is 79.0 Å². The van der Waals surface area contributed by atoms with E-state index in [4.69, 9.17) is 0 Å². The van der Waals surface area contributed by atoms with E-state index in [-0.39, 0.29) is 11.8 Å². The number of aromatic nitrogens is 1. The molecular weight excluding hydrogens is 350 g/mol. The lowest BCUT2D eigenvalue weighted by Crippen LogP contribution is -2.31. The molecule has 0 radical (unpaired) electrons. The summed E-state index contributed by atoms with van der Waals surface area (Å²) in [6.07, 6.45) is 1.71. The molecule has 0 N–H and O–H groups in total. The molecule has 0 saturated carbocycles. The van der Waals surface area contributed by atoms with Crippen molar-refractivity contribution in [2.45, 2.75) is 13.5 Å². The minimum Gasteiger partial charge on any atom is -0.333 e. The Labute approximate surface area is 165 Å². The lowest BCUT2D eigenvalue weighted by molar-refractivity contribution is 0.0750. The topological polar surface area (TPSA) is 53.5 Å². The first kappa shape index (κ1) is 19.3. The lowest BCUT2D eigenvalue weighted by atomic mass is 10.1. The van der Waals surface area contributed by atoms with Crippen molar-refractivity contribution in [2.24, 2.45) is 0 Å². The third kappa shape index (κ3) is 4.43. The number of amides is 2. The number of para-hydroxylation sites is 1. The zero-order valence-electron chi connectivity index (χ0n) is 16.1. The maximum Gasteiger partial charge on any atom is 0.258 e. The van der Waals surface area contributed by atoms with Crippen LogP contribution in [0.1, 0.15) is 33.3 Å². The van der Waals surface area contributed by atoms with Gasteiger partial charge in [0.05, 0.1) is 12.2 Å². The Morgan fingerprint density at radius 2 is 1.54 bits per heavy atom. The first-order valence-electron chi connectivity index (χ1n) is 9.22. The van der Waals surface area contributed by atoms with Gasteiger partial charge in [-0.3, -0.25) is 14.6 Å². The van der Waals surface area contributed by atoms with Crippen LogP contribution in [0, 0.1) is 0 Å². The van der Waals surface area contributed by atoms with E-state index >= 15 is 0 Å². The summed E-state index contributed by atoms with van der Waals surface area (Å²) in [5.41, 5.74) is 2.60. The fourth-order valence-electron chi connectivity index (χ4n) is 2.94. The lowest BCUT2D eigenvalue weighted by Gasteiger charge is -2.21. The summed E-state index contributed by atoms with van der Waals surface area (Å²) in [4.78, 5) is 33.4. The van der Waals surface area contributed by atoms with Crippen LogP contribution in [0.25, 0.3) is 0 Å². The maximum absolute atomic E-state index is 13.0. The number of nitrogens with zero attached hydrogens (tertiary/aromatic N) is 3. The molecule has 0 unspecified atom stereocenters. The molecule has 0 bridgehead atoms. The second-order valence-electron chi connectivity index (χ2n) is 6.42. The molecule has 1 aromatic heterocycles. The van der Waals surface area contributed by atoms with E-state index < -0.39 is 0 Å². The standard InChI is InChI=1S/C23H23N3O2/c1-3-26(17-20-12-7-8-15-24-20)23(28)19-11-9-10-18(16-19)22(27)25(2)21-13-5-4-6-14-21/h4-16H,3,17H2,1-2H3. The SMILES string of the molecule is CCN(Cc1ccccn1)C(=O)c1cccc(C(=O)N(C)c2ccccc2)c1. The Morgan fingerprint density at radius 1 is 0.857 bits per heavy atom. The summed E-state index contributed by atoms with van der Waals surface area (Å²) in [6, 6.07) is 21.9. The minimum absolute atomic E-state index is 0.120. The summed E-state index contributed by atoms with van der Waals surface area (Å²) in [7, 11) is 1.73. The molecule has 0 fully saturated rings. The number of carbonyl (C=O) groups excluding carboxylic acids is 2. The van der Waals surface area contributed by atoms with Gasteiger partial charge in [0.15, 0.2) is 0 Å². The van der Waals surface area contributed by atoms with Crippen molar-refractivity contribution in [2.75, 3.05) is 18.5 Å². The van der Waals surface area contributed by atoms with E-state index in [1.807, 2.05) is 55.5 Å². The molecule has 3 rings (SSSR count). The molecule has 5 heteroatoms. The second kappa shape index (κ2) is 8.95. The highest BCUT2D eigenvalue weighted by Gasteiger charge is 2.18. The van der Waals surface area contributed by atoms with Gasteiger partial charge in [-0.2, -0.15) is 0 Å². The van der Waals surface area contributed by atoms with Crippen LogP contribution in [-0.2, 0) is 6.54 Å².